The van der Waals surface area contributed by atoms with E-state index in [0.29, 0.717) is 0 Å². The minimum absolute atomic E-state index is 1.11. The Bertz CT molecular complexity index is 367. The second-order valence-electron chi connectivity index (χ2n) is 6.63. The average Bonchev–Trinajstić information content (AvgIpc) is 2.57. The van der Waals surface area contributed by atoms with Crippen LogP contribution in [0.1, 0.15) is 78.2 Å². The summed E-state index contributed by atoms with van der Waals surface area (Å²) in [6.45, 7) is 12.8. The second kappa shape index (κ2) is 10.8. The van der Waals surface area contributed by atoms with Crippen molar-refractivity contribution in [3.8, 4) is 0 Å². The molecule has 0 aliphatic carbocycles. The molecule has 0 saturated heterocycles. The summed E-state index contributed by atoms with van der Waals surface area (Å²) in [7, 11) is 0. The fourth-order valence-corrected chi connectivity index (χ4v) is 3.48. The summed E-state index contributed by atoms with van der Waals surface area (Å²) in [5.41, 5.74) is 2.99. The highest BCUT2D eigenvalue weighted by Gasteiger charge is 2.23. The van der Waals surface area contributed by atoms with Gasteiger partial charge in [0.25, 0.3) is 0 Å². The highest BCUT2D eigenvalue weighted by molar-refractivity contribution is 5.44. The van der Waals surface area contributed by atoms with Crippen LogP contribution in [-0.2, 0) is 6.42 Å². The van der Waals surface area contributed by atoms with E-state index in [0.717, 1.165) is 4.48 Å². The molecule has 1 nitrogen and oxygen atoms in total. The Balaban J connectivity index is 2.39. The molecule has 1 aromatic rings. The van der Waals surface area contributed by atoms with Gasteiger partial charge in [-0.1, -0.05) is 57.6 Å². The zero-order chi connectivity index (χ0) is 16.3. The van der Waals surface area contributed by atoms with Gasteiger partial charge < -0.3 is 0 Å². The Labute approximate surface area is 139 Å². The molecule has 0 spiro atoms. The van der Waals surface area contributed by atoms with Crippen molar-refractivity contribution in [2.24, 2.45) is 0 Å². The molecule has 1 heteroatoms. The molecule has 0 atom stereocenters. The van der Waals surface area contributed by atoms with E-state index in [1.54, 1.807) is 0 Å². The monoisotopic (exact) mass is 304 g/mol. The van der Waals surface area contributed by atoms with Gasteiger partial charge in [0.1, 0.15) is 5.69 Å². The number of hydrogen-bond donors (Lipinski definition) is 0. The number of hydrogen-bond acceptors (Lipinski definition) is 0. The van der Waals surface area contributed by atoms with Crippen molar-refractivity contribution in [2.45, 2.75) is 79.1 Å². The van der Waals surface area contributed by atoms with Crippen molar-refractivity contribution in [3.63, 3.8) is 0 Å². The zero-order valence-corrected chi connectivity index (χ0v) is 15.5. The Morgan fingerprint density at radius 3 is 1.64 bits per heavy atom. The summed E-state index contributed by atoms with van der Waals surface area (Å²) in [4.78, 5) is 0. The summed E-state index contributed by atoms with van der Waals surface area (Å²) in [6.07, 6.45) is 11.0. The van der Waals surface area contributed by atoms with Crippen molar-refractivity contribution < 1.29 is 0 Å². The van der Waals surface area contributed by atoms with Gasteiger partial charge in [0.05, 0.1) is 19.6 Å². The molecule has 0 aliphatic heterocycles. The first-order valence-corrected chi connectivity index (χ1v) is 9.68. The van der Waals surface area contributed by atoms with Crippen LogP contribution in [-0.4, -0.2) is 19.6 Å². The van der Waals surface area contributed by atoms with Crippen LogP contribution in [0.5, 0.6) is 0 Å². The second-order valence-corrected chi connectivity index (χ2v) is 6.63. The topological polar surface area (TPSA) is 0 Å². The molecule has 0 aliphatic rings. The van der Waals surface area contributed by atoms with Crippen molar-refractivity contribution in [3.05, 3.63) is 29.8 Å². The van der Waals surface area contributed by atoms with Crippen molar-refractivity contribution >= 4 is 5.69 Å². The molecule has 0 fully saturated rings. The van der Waals surface area contributed by atoms with Crippen LogP contribution in [0.2, 0.25) is 0 Å². The molecule has 0 radical (unpaired) electrons. The van der Waals surface area contributed by atoms with Crippen LogP contribution in [0.4, 0.5) is 5.69 Å². The smallest absolute Gasteiger partial charge is 0.132 e. The predicted octanol–water partition coefficient (Wildman–Crippen LogP) is 6.35. The number of benzene rings is 1. The van der Waals surface area contributed by atoms with Crippen LogP contribution in [0.3, 0.4) is 0 Å². The largest absolute Gasteiger partial charge is 0.292 e. The maximum atomic E-state index is 2.37. The fraction of sp³-hybridized carbons (Fsp3) is 0.714. The normalized spacial score (nSPS) is 11.8. The van der Waals surface area contributed by atoms with E-state index in [9.17, 15) is 0 Å². The van der Waals surface area contributed by atoms with Gasteiger partial charge in [-0.05, 0) is 51.3 Å². The molecule has 0 saturated carbocycles. The van der Waals surface area contributed by atoms with E-state index in [1.807, 2.05) is 0 Å². The molecule has 0 unspecified atom stereocenters. The maximum absolute atomic E-state index is 2.37. The van der Waals surface area contributed by atoms with Crippen LogP contribution in [0.15, 0.2) is 24.3 Å². The quantitative estimate of drug-likeness (QED) is 0.312. The number of unbranched alkanes of at least 4 members (excludes halogenated alkanes) is 6. The van der Waals surface area contributed by atoms with Crippen molar-refractivity contribution in [1.82, 2.24) is 4.48 Å². The lowest BCUT2D eigenvalue weighted by Gasteiger charge is -2.35. The standard InChI is InChI=1S/C21H38N/c1-5-9-10-11-12-13-14-15-20-16-18-21(19-17-20)22(6-2,7-3)8-4/h16-19H,5-15H2,1-4H3/q+1. The minimum atomic E-state index is 1.11. The molecular formula is C21H38N+. The van der Waals surface area contributed by atoms with Crippen LogP contribution in [0, 0.1) is 0 Å². The Hall–Kier alpha value is -0.820. The van der Waals surface area contributed by atoms with Gasteiger partial charge in [-0.3, -0.25) is 4.48 Å². The third-order valence-corrected chi connectivity index (χ3v) is 5.37. The van der Waals surface area contributed by atoms with E-state index in [1.165, 1.54) is 82.3 Å². The van der Waals surface area contributed by atoms with Crippen LogP contribution >= 0.6 is 0 Å². The SMILES string of the molecule is CCCCCCCCCc1ccc([N+](CC)(CC)CC)cc1. The van der Waals surface area contributed by atoms with Gasteiger partial charge in [-0.25, -0.2) is 0 Å². The molecule has 0 bridgehead atoms. The first kappa shape index (κ1) is 19.2. The minimum Gasteiger partial charge on any atom is -0.292 e. The van der Waals surface area contributed by atoms with Gasteiger partial charge in [0, 0.05) is 0 Å². The molecule has 1 rings (SSSR count). The highest BCUT2D eigenvalue weighted by Crippen LogP contribution is 2.23. The summed E-state index contributed by atoms with van der Waals surface area (Å²) < 4.78 is 1.11. The summed E-state index contributed by atoms with van der Waals surface area (Å²) >= 11 is 0. The van der Waals surface area contributed by atoms with E-state index in [-0.39, 0.29) is 0 Å². The van der Waals surface area contributed by atoms with E-state index < -0.39 is 0 Å². The molecule has 0 N–H and O–H groups in total. The third kappa shape index (κ3) is 5.76. The van der Waals surface area contributed by atoms with Gasteiger partial charge in [-0.15, -0.1) is 0 Å². The number of rotatable bonds is 12. The van der Waals surface area contributed by atoms with Gasteiger partial charge in [0.15, 0.2) is 0 Å². The van der Waals surface area contributed by atoms with Crippen LogP contribution < -0.4 is 4.48 Å². The number of quaternary nitrogens is 1. The van der Waals surface area contributed by atoms with Gasteiger partial charge >= 0.3 is 0 Å². The molecule has 0 aromatic heterocycles. The molecule has 22 heavy (non-hydrogen) atoms. The third-order valence-electron chi connectivity index (χ3n) is 5.37. The Morgan fingerprint density at radius 2 is 1.14 bits per heavy atom. The molecule has 1 aromatic carbocycles. The molecular weight excluding hydrogens is 266 g/mol. The Kier molecular flexibility index (Phi) is 9.47. The van der Waals surface area contributed by atoms with Crippen molar-refractivity contribution in [2.75, 3.05) is 19.6 Å². The van der Waals surface area contributed by atoms with Crippen LogP contribution in [0.25, 0.3) is 0 Å². The van der Waals surface area contributed by atoms with E-state index in [4.69, 9.17) is 0 Å². The van der Waals surface area contributed by atoms with E-state index >= 15 is 0 Å². The summed E-state index contributed by atoms with van der Waals surface area (Å²) in [5, 5.41) is 0. The van der Waals surface area contributed by atoms with Crippen molar-refractivity contribution in [1.29, 1.82) is 0 Å². The molecule has 0 amide bonds. The first-order chi connectivity index (χ1) is 10.7. The molecule has 126 valence electrons. The number of nitrogens with zero attached hydrogens (tertiary/aromatic N) is 1. The lowest BCUT2D eigenvalue weighted by molar-refractivity contribution is 0.316. The van der Waals surface area contributed by atoms with Gasteiger partial charge in [0.2, 0.25) is 0 Å². The lowest BCUT2D eigenvalue weighted by Crippen LogP contribution is -2.48. The summed E-state index contributed by atoms with van der Waals surface area (Å²) in [5.74, 6) is 0. The first-order valence-electron chi connectivity index (χ1n) is 9.68. The fourth-order valence-electron chi connectivity index (χ4n) is 3.48. The molecule has 0 heterocycles. The average molecular weight is 305 g/mol. The summed E-state index contributed by atoms with van der Waals surface area (Å²) in [6, 6.07) is 9.46. The lowest BCUT2D eigenvalue weighted by atomic mass is 10.0. The number of aryl methyl sites for hydroxylation is 1. The highest BCUT2D eigenvalue weighted by atomic mass is 15.3. The zero-order valence-electron chi connectivity index (χ0n) is 15.5. The predicted molar refractivity (Wildman–Crippen MR) is 102 cm³/mol. The van der Waals surface area contributed by atoms with Gasteiger partial charge in [-0.2, -0.15) is 0 Å². The Morgan fingerprint density at radius 1 is 0.636 bits per heavy atom. The van der Waals surface area contributed by atoms with E-state index in [2.05, 4.69) is 52.0 Å². The maximum Gasteiger partial charge on any atom is 0.132 e.